The molecule has 2 rings (SSSR count). The second-order valence-corrected chi connectivity index (χ2v) is 7.38. The fourth-order valence-electron chi connectivity index (χ4n) is 2.81. The molecule has 1 saturated heterocycles. The predicted molar refractivity (Wildman–Crippen MR) is 76.8 cm³/mol. The van der Waals surface area contributed by atoms with Crippen molar-refractivity contribution in [2.45, 2.75) is 44.4 Å². The maximum absolute atomic E-state index is 12.6. The largest absolute Gasteiger partial charge is 0.475 e. The van der Waals surface area contributed by atoms with E-state index in [1.54, 1.807) is 0 Å². The first kappa shape index (κ1) is 16.0. The summed E-state index contributed by atoms with van der Waals surface area (Å²) < 4.78 is 31.6. The van der Waals surface area contributed by atoms with E-state index in [-0.39, 0.29) is 16.4 Å². The molecule has 0 aliphatic carbocycles. The number of sulfonamides is 1. The molecule has 0 saturated carbocycles. The number of piperidine rings is 1. The number of aryl methyl sites for hydroxylation is 1. The summed E-state index contributed by atoms with van der Waals surface area (Å²) in [6.45, 7) is 4.58. The van der Waals surface area contributed by atoms with Crippen LogP contribution in [0.25, 0.3) is 0 Å². The first-order valence-corrected chi connectivity index (χ1v) is 8.64. The second kappa shape index (κ2) is 6.19. The van der Waals surface area contributed by atoms with Gasteiger partial charge in [-0.1, -0.05) is 19.8 Å². The highest BCUT2D eigenvalue weighted by atomic mass is 32.2. The Morgan fingerprint density at radius 2 is 2.05 bits per heavy atom. The summed E-state index contributed by atoms with van der Waals surface area (Å²) in [6.07, 6.45) is 3.95. The van der Waals surface area contributed by atoms with E-state index in [0.29, 0.717) is 19.0 Å². The van der Waals surface area contributed by atoms with E-state index in [1.807, 2.05) is 0 Å². The Labute approximate surface area is 124 Å². The van der Waals surface area contributed by atoms with Crippen molar-refractivity contribution in [3.63, 3.8) is 0 Å². The van der Waals surface area contributed by atoms with E-state index in [4.69, 9.17) is 9.52 Å². The number of hydrogen-bond acceptors (Lipinski definition) is 4. The van der Waals surface area contributed by atoms with Crippen LogP contribution in [-0.2, 0) is 10.0 Å². The highest BCUT2D eigenvalue weighted by Crippen LogP contribution is 2.29. The molecule has 1 aromatic rings. The van der Waals surface area contributed by atoms with Gasteiger partial charge in [0.1, 0.15) is 10.7 Å². The van der Waals surface area contributed by atoms with Gasteiger partial charge in [-0.2, -0.15) is 4.31 Å². The minimum Gasteiger partial charge on any atom is -0.475 e. The van der Waals surface area contributed by atoms with Crippen LogP contribution in [0.5, 0.6) is 0 Å². The summed E-state index contributed by atoms with van der Waals surface area (Å²) in [5.74, 6) is -0.891. The number of nitrogens with zero attached hydrogens (tertiary/aromatic N) is 1. The third-order valence-corrected chi connectivity index (χ3v) is 5.98. The Morgan fingerprint density at radius 1 is 1.43 bits per heavy atom. The Kier molecular flexibility index (Phi) is 4.73. The van der Waals surface area contributed by atoms with Crippen LogP contribution in [-0.4, -0.2) is 36.9 Å². The van der Waals surface area contributed by atoms with E-state index in [0.717, 1.165) is 31.7 Å². The van der Waals surface area contributed by atoms with Crippen LogP contribution in [0.1, 0.15) is 48.9 Å². The summed E-state index contributed by atoms with van der Waals surface area (Å²) in [5, 5.41) is 8.89. The van der Waals surface area contributed by atoms with Crippen LogP contribution < -0.4 is 0 Å². The zero-order valence-corrected chi connectivity index (χ0v) is 13.1. The zero-order chi connectivity index (χ0) is 15.6. The van der Waals surface area contributed by atoms with Crippen molar-refractivity contribution >= 4 is 16.0 Å². The summed E-state index contributed by atoms with van der Waals surface area (Å²) in [4.78, 5) is 10.8. The molecule has 7 heteroatoms. The lowest BCUT2D eigenvalue weighted by Gasteiger charge is -2.30. The standard InChI is InChI=1S/C14H21NO5S/c1-3-4-11-5-7-15(8-6-11)21(18,19)13-9-12(14(16)17)20-10(13)2/h9,11H,3-8H2,1-2H3,(H,16,17). The van der Waals surface area contributed by atoms with Gasteiger partial charge in [0.2, 0.25) is 15.8 Å². The number of hydrogen-bond donors (Lipinski definition) is 1. The van der Waals surface area contributed by atoms with Crippen LogP contribution in [0.3, 0.4) is 0 Å². The molecule has 6 nitrogen and oxygen atoms in total. The van der Waals surface area contributed by atoms with Crippen LogP contribution in [0.2, 0.25) is 0 Å². The Bertz CT molecular complexity index is 611. The molecule has 0 bridgehead atoms. The van der Waals surface area contributed by atoms with E-state index in [1.165, 1.54) is 11.2 Å². The average Bonchev–Trinajstić information content (AvgIpc) is 2.83. The SMILES string of the molecule is CCCC1CCN(S(=O)(=O)c2cc(C(=O)O)oc2C)CC1. The molecule has 1 aromatic heterocycles. The summed E-state index contributed by atoms with van der Waals surface area (Å²) in [5.41, 5.74) is 0. The van der Waals surface area contributed by atoms with Crippen molar-refractivity contribution in [3.8, 4) is 0 Å². The summed E-state index contributed by atoms with van der Waals surface area (Å²) in [7, 11) is -3.67. The van der Waals surface area contributed by atoms with Crippen molar-refractivity contribution in [3.05, 3.63) is 17.6 Å². The van der Waals surface area contributed by atoms with Gasteiger partial charge in [0.05, 0.1) is 0 Å². The molecule has 0 aromatic carbocycles. The Morgan fingerprint density at radius 3 is 2.52 bits per heavy atom. The lowest BCUT2D eigenvalue weighted by atomic mass is 9.94. The van der Waals surface area contributed by atoms with Gasteiger partial charge in [-0.3, -0.25) is 0 Å². The monoisotopic (exact) mass is 315 g/mol. The minimum absolute atomic E-state index is 0.0335. The molecular formula is C14H21NO5S. The lowest BCUT2D eigenvalue weighted by molar-refractivity contribution is 0.0661. The van der Waals surface area contributed by atoms with Crippen molar-refractivity contribution in [1.29, 1.82) is 0 Å². The number of carboxylic acids is 1. The third-order valence-electron chi connectivity index (χ3n) is 3.97. The first-order valence-electron chi connectivity index (χ1n) is 7.20. The van der Waals surface area contributed by atoms with Gasteiger partial charge in [0, 0.05) is 19.2 Å². The van der Waals surface area contributed by atoms with Crippen molar-refractivity contribution in [1.82, 2.24) is 4.31 Å². The minimum atomic E-state index is -3.67. The van der Waals surface area contributed by atoms with Crippen molar-refractivity contribution in [2.75, 3.05) is 13.1 Å². The van der Waals surface area contributed by atoms with Crippen LogP contribution in [0.15, 0.2) is 15.4 Å². The maximum Gasteiger partial charge on any atom is 0.371 e. The van der Waals surface area contributed by atoms with E-state index in [2.05, 4.69) is 6.92 Å². The molecule has 21 heavy (non-hydrogen) atoms. The third kappa shape index (κ3) is 3.29. The fraction of sp³-hybridized carbons (Fsp3) is 0.643. The van der Waals surface area contributed by atoms with Gasteiger partial charge in [-0.05, 0) is 25.7 Å². The van der Waals surface area contributed by atoms with Gasteiger partial charge in [0.25, 0.3) is 0 Å². The number of carbonyl (C=O) groups is 1. The quantitative estimate of drug-likeness (QED) is 0.902. The summed E-state index contributed by atoms with van der Waals surface area (Å²) in [6, 6.07) is 1.10. The first-order chi connectivity index (χ1) is 9.86. The Hall–Kier alpha value is -1.34. The van der Waals surface area contributed by atoms with Gasteiger partial charge in [-0.15, -0.1) is 0 Å². The normalized spacial score (nSPS) is 18.0. The molecule has 0 radical (unpaired) electrons. The number of aromatic carboxylic acids is 1. The fourth-order valence-corrected chi connectivity index (χ4v) is 4.44. The molecular weight excluding hydrogens is 294 g/mol. The molecule has 1 aliphatic rings. The summed E-state index contributed by atoms with van der Waals surface area (Å²) >= 11 is 0. The van der Waals surface area contributed by atoms with E-state index >= 15 is 0 Å². The lowest BCUT2D eigenvalue weighted by Crippen LogP contribution is -2.38. The van der Waals surface area contributed by atoms with Gasteiger partial charge in [-0.25, -0.2) is 13.2 Å². The molecule has 2 heterocycles. The number of furan rings is 1. The van der Waals surface area contributed by atoms with Gasteiger partial charge in [0.15, 0.2) is 0 Å². The molecule has 1 N–H and O–H groups in total. The molecule has 1 fully saturated rings. The van der Waals surface area contributed by atoms with Crippen molar-refractivity contribution in [2.24, 2.45) is 5.92 Å². The molecule has 0 spiro atoms. The van der Waals surface area contributed by atoms with E-state index in [9.17, 15) is 13.2 Å². The van der Waals surface area contributed by atoms with Crippen LogP contribution in [0, 0.1) is 12.8 Å². The van der Waals surface area contributed by atoms with Crippen molar-refractivity contribution < 1.29 is 22.7 Å². The van der Waals surface area contributed by atoms with Crippen LogP contribution >= 0.6 is 0 Å². The second-order valence-electron chi connectivity index (χ2n) is 5.47. The van der Waals surface area contributed by atoms with Gasteiger partial charge < -0.3 is 9.52 Å². The maximum atomic E-state index is 12.6. The molecule has 0 unspecified atom stereocenters. The predicted octanol–water partition coefficient (Wildman–Crippen LogP) is 2.49. The smallest absolute Gasteiger partial charge is 0.371 e. The van der Waals surface area contributed by atoms with Gasteiger partial charge >= 0.3 is 5.97 Å². The number of carboxylic acid groups (broad SMARTS) is 1. The molecule has 0 atom stereocenters. The Balaban J connectivity index is 2.18. The van der Waals surface area contributed by atoms with E-state index < -0.39 is 16.0 Å². The highest BCUT2D eigenvalue weighted by molar-refractivity contribution is 7.89. The number of rotatable bonds is 5. The molecule has 1 aliphatic heterocycles. The molecule has 118 valence electrons. The topological polar surface area (TPSA) is 87.8 Å². The average molecular weight is 315 g/mol. The zero-order valence-electron chi connectivity index (χ0n) is 12.3. The van der Waals surface area contributed by atoms with Crippen LogP contribution in [0.4, 0.5) is 0 Å². The molecule has 0 amide bonds. The highest BCUT2D eigenvalue weighted by Gasteiger charge is 2.32.